The first-order chi connectivity index (χ1) is 13.8. The molecule has 0 fully saturated rings. The average Bonchev–Trinajstić information content (AvgIpc) is 3.16. The second kappa shape index (κ2) is 8.42. The maximum atomic E-state index is 12.1. The molecule has 3 rings (SSSR count). The minimum Gasteiger partial charge on any atom is -0.454 e. The van der Waals surface area contributed by atoms with Gasteiger partial charge in [-0.15, -0.1) is 0 Å². The van der Waals surface area contributed by atoms with Gasteiger partial charge < -0.3 is 19.5 Å². The number of anilines is 1. The molecule has 29 heavy (non-hydrogen) atoms. The summed E-state index contributed by atoms with van der Waals surface area (Å²) < 4.78 is 15.4. The number of nitro benzene ring substituents is 1. The zero-order chi connectivity index (χ0) is 21.0. The van der Waals surface area contributed by atoms with E-state index in [4.69, 9.17) is 14.2 Å². The van der Waals surface area contributed by atoms with Crippen molar-refractivity contribution in [2.24, 2.45) is 0 Å². The lowest BCUT2D eigenvalue weighted by molar-refractivity contribution is -0.384. The lowest BCUT2D eigenvalue weighted by Crippen LogP contribution is -2.21. The zero-order valence-electron chi connectivity index (χ0n) is 15.8. The van der Waals surface area contributed by atoms with E-state index in [0.29, 0.717) is 22.6 Å². The van der Waals surface area contributed by atoms with Crippen LogP contribution in [0.15, 0.2) is 36.4 Å². The number of aryl methyl sites for hydroxylation is 1. The predicted molar refractivity (Wildman–Crippen MR) is 104 cm³/mol. The lowest BCUT2D eigenvalue weighted by Gasteiger charge is -2.11. The number of nitrogens with zero attached hydrogens (tertiary/aromatic N) is 1. The fraction of sp³-hybridized carbons (Fsp3) is 0.200. The number of hydrogen-bond acceptors (Lipinski definition) is 7. The number of ether oxygens (including phenoxy) is 3. The quantitative estimate of drug-likeness (QED) is 0.344. The molecule has 0 atom stereocenters. The summed E-state index contributed by atoms with van der Waals surface area (Å²) in [5, 5.41) is 13.6. The fourth-order valence-corrected chi connectivity index (χ4v) is 2.65. The molecule has 9 heteroatoms. The largest absolute Gasteiger partial charge is 0.454 e. The Morgan fingerprint density at radius 3 is 2.72 bits per heavy atom. The van der Waals surface area contributed by atoms with Gasteiger partial charge in [0.05, 0.1) is 4.92 Å². The van der Waals surface area contributed by atoms with Crippen molar-refractivity contribution in [2.45, 2.75) is 13.8 Å². The van der Waals surface area contributed by atoms with E-state index in [0.717, 1.165) is 5.56 Å². The first kappa shape index (κ1) is 19.9. The van der Waals surface area contributed by atoms with Gasteiger partial charge in [-0.1, -0.05) is 12.1 Å². The predicted octanol–water partition coefficient (Wildman–Crippen LogP) is 3.14. The van der Waals surface area contributed by atoms with Crippen molar-refractivity contribution in [2.75, 3.05) is 18.7 Å². The van der Waals surface area contributed by atoms with E-state index in [1.165, 1.54) is 18.2 Å². The minimum absolute atomic E-state index is 0.0898. The first-order valence-corrected chi connectivity index (χ1v) is 8.64. The van der Waals surface area contributed by atoms with Gasteiger partial charge in [0.25, 0.3) is 11.6 Å². The molecule has 0 saturated heterocycles. The van der Waals surface area contributed by atoms with Gasteiger partial charge in [-0.05, 0) is 48.7 Å². The van der Waals surface area contributed by atoms with Crippen LogP contribution in [0.3, 0.4) is 0 Å². The molecule has 150 valence electrons. The number of hydrogen-bond donors (Lipinski definition) is 1. The molecule has 2 aromatic carbocycles. The van der Waals surface area contributed by atoms with Crippen LogP contribution in [0.1, 0.15) is 16.7 Å². The molecule has 0 aromatic heterocycles. The molecule has 0 unspecified atom stereocenters. The molecule has 1 aliphatic heterocycles. The third-order valence-corrected chi connectivity index (χ3v) is 4.33. The number of fused-ring (bicyclic) bond motifs is 1. The molecule has 0 aliphatic carbocycles. The maximum Gasteiger partial charge on any atom is 0.331 e. The van der Waals surface area contributed by atoms with Crippen molar-refractivity contribution in [3.8, 4) is 11.5 Å². The van der Waals surface area contributed by atoms with Gasteiger partial charge in [-0.2, -0.15) is 0 Å². The van der Waals surface area contributed by atoms with Crippen molar-refractivity contribution >= 4 is 29.3 Å². The number of nitro groups is 1. The van der Waals surface area contributed by atoms with Gasteiger partial charge in [0.2, 0.25) is 6.79 Å². The third kappa shape index (κ3) is 4.70. The Morgan fingerprint density at radius 2 is 1.97 bits per heavy atom. The van der Waals surface area contributed by atoms with Crippen LogP contribution >= 0.6 is 0 Å². The summed E-state index contributed by atoms with van der Waals surface area (Å²) in [6.45, 7) is 3.01. The Bertz CT molecular complexity index is 1010. The number of amides is 1. The molecule has 0 bridgehead atoms. The van der Waals surface area contributed by atoms with Gasteiger partial charge >= 0.3 is 5.97 Å². The lowest BCUT2D eigenvalue weighted by atomic mass is 10.1. The molecule has 1 N–H and O–H groups in total. The fourth-order valence-electron chi connectivity index (χ4n) is 2.65. The summed E-state index contributed by atoms with van der Waals surface area (Å²) in [4.78, 5) is 34.5. The zero-order valence-corrected chi connectivity index (χ0v) is 15.8. The SMILES string of the molecule is Cc1ccc([N+](=O)[O-])c(NC(=O)COC(=O)/C=C/c2ccc3c(c2)OCO3)c1C. The smallest absolute Gasteiger partial charge is 0.331 e. The van der Waals surface area contributed by atoms with Crippen molar-refractivity contribution in [1.29, 1.82) is 0 Å². The van der Waals surface area contributed by atoms with Gasteiger partial charge in [-0.25, -0.2) is 4.79 Å². The monoisotopic (exact) mass is 398 g/mol. The van der Waals surface area contributed by atoms with Crippen LogP contribution in [0, 0.1) is 24.0 Å². The highest BCUT2D eigenvalue weighted by atomic mass is 16.7. The Balaban J connectivity index is 1.58. The number of carbonyl (C=O) groups is 2. The van der Waals surface area contributed by atoms with E-state index in [2.05, 4.69) is 5.32 Å². The Morgan fingerprint density at radius 1 is 1.21 bits per heavy atom. The van der Waals surface area contributed by atoms with E-state index in [1.54, 1.807) is 38.1 Å². The van der Waals surface area contributed by atoms with Crippen LogP contribution in [-0.4, -0.2) is 30.2 Å². The topological polar surface area (TPSA) is 117 Å². The van der Waals surface area contributed by atoms with Crippen LogP contribution in [0.25, 0.3) is 6.08 Å². The van der Waals surface area contributed by atoms with Crippen molar-refractivity contribution < 1.29 is 28.7 Å². The molecular formula is C20H18N2O7. The molecule has 9 nitrogen and oxygen atoms in total. The molecule has 0 saturated carbocycles. The van der Waals surface area contributed by atoms with Gasteiger partial charge in [-0.3, -0.25) is 14.9 Å². The number of carbonyl (C=O) groups excluding carboxylic acids is 2. The molecule has 1 heterocycles. The number of rotatable bonds is 6. The molecule has 1 aliphatic rings. The summed E-state index contributed by atoms with van der Waals surface area (Å²) in [5.74, 6) is -0.197. The summed E-state index contributed by atoms with van der Waals surface area (Å²) in [6.07, 6.45) is 2.68. The summed E-state index contributed by atoms with van der Waals surface area (Å²) >= 11 is 0. The molecule has 2 aromatic rings. The van der Waals surface area contributed by atoms with Crippen LogP contribution in [-0.2, 0) is 14.3 Å². The van der Waals surface area contributed by atoms with Gasteiger partial charge in [0, 0.05) is 12.1 Å². The van der Waals surface area contributed by atoms with E-state index in [-0.39, 0.29) is 18.2 Å². The highest BCUT2D eigenvalue weighted by molar-refractivity contribution is 5.97. The van der Waals surface area contributed by atoms with Gasteiger partial charge in [0.15, 0.2) is 18.1 Å². The van der Waals surface area contributed by atoms with E-state index < -0.39 is 23.4 Å². The second-order valence-corrected chi connectivity index (χ2v) is 6.26. The second-order valence-electron chi connectivity index (χ2n) is 6.26. The van der Waals surface area contributed by atoms with Crippen molar-refractivity contribution in [3.63, 3.8) is 0 Å². The van der Waals surface area contributed by atoms with E-state index in [9.17, 15) is 19.7 Å². The first-order valence-electron chi connectivity index (χ1n) is 8.64. The minimum atomic E-state index is -0.728. The van der Waals surface area contributed by atoms with E-state index >= 15 is 0 Å². The Hall–Kier alpha value is -3.88. The number of nitrogens with one attached hydrogen (secondary N) is 1. The Kier molecular flexibility index (Phi) is 5.77. The average molecular weight is 398 g/mol. The number of esters is 1. The van der Waals surface area contributed by atoms with E-state index in [1.807, 2.05) is 0 Å². The third-order valence-electron chi connectivity index (χ3n) is 4.33. The molecule has 0 spiro atoms. The Labute approximate surface area is 166 Å². The van der Waals surface area contributed by atoms with Crippen LogP contribution in [0.2, 0.25) is 0 Å². The standard InChI is InChI=1S/C20H18N2O7/c1-12-3-6-15(22(25)26)20(13(12)2)21-18(23)10-27-19(24)8-5-14-4-7-16-17(9-14)29-11-28-16/h3-9H,10-11H2,1-2H3,(H,21,23)/b8-5+. The highest BCUT2D eigenvalue weighted by Crippen LogP contribution is 2.33. The summed E-state index contributed by atoms with van der Waals surface area (Å²) in [6, 6.07) is 8.09. The summed E-state index contributed by atoms with van der Waals surface area (Å²) in [5.41, 5.74) is 1.92. The van der Waals surface area contributed by atoms with Crippen molar-refractivity contribution in [3.05, 3.63) is 63.2 Å². The molecular weight excluding hydrogens is 380 g/mol. The summed E-state index contributed by atoms with van der Waals surface area (Å²) in [7, 11) is 0. The normalized spacial score (nSPS) is 12.1. The maximum absolute atomic E-state index is 12.1. The van der Waals surface area contributed by atoms with Crippen molar-refractivity contribution in [1.82, 2.24) is 0 Å². The highest BCUT2D eigenvalue weighted by Gasteiger charge is 2.20. The van der Waals surface area contributed by atoms with Gasteiger partial charge in [0.1, 0.15) is 5.69 Å². The molecule has 0 radical (unpaired) electrons. The van der Waals surface area contributed by atoms with Crippen LogP contribution in [0.5, 0.6) is 11.5 Å². The number of benzene rings is 2. The van der Waals surface area contributed by atoms with Crippen LogP contribution < -0.4 is 14.8 Å². The van der Waals surface area contributed by atoms with Crippen LogP contribution in [0.4, 0.5) is 11.4 Å². The molecule has 1 amide bonds.